The Morgan fingerprint density at radius 2 is 1.81 bits per heavy atom. The van der Waals surface area contributed by atoms with Crippen molar-refractivity contribution >= 4 is 40.3 Å². The van der Waals surface area contributed by atoms with Gasteiger partial charge in [0.15, 0.2) is 12.0 Å². The number of nitrogens with one attached hydrogen (secondary N) is 1. The van der Waals surface area contributed by atoms with Crippen molar-refractivity contribution in [2.45, 2.75) is 0 Å². The summed E-state index contributed by atoms with van der Waals surface area (Å²) in [5.41, 5.74) is 2.51. The van der Waals surface area contributed by atoms with Crippen molar-refractivity contribution in [2.75, 3.05) is 31.5 Å². The summed E-state index contributed by atoms with van der Waals surface area (Å²) in [6.07, 6.45) is 1.36. The number of fused-ring (bicyclic) bond motifs is 1. The summed E-state index contributed by atoms with van der Waals surface area (Å²) in [6, 6.07) is 12.0. The van der Waals surface area contributed by atoms with Crippen LogP contribution in [0.25, 0.3) is 11.1 Å². The number of oxazole rings is 1. The molecule has 0 radical (unpaired) electrons. The summed E-state index contributed by atoms with van der Waals surface area (Å²) in [4.78, 5) is 32.6. The molecule has 3 aromatic rings. The summed E-state index contributed by atoms with van der Waals surface area (Å²) < 4.78 is 5.20. The van der Waals surface area contributed by atoms with Crippen LogP contribution in [0.1, 0.15) is 10.4 Å². The van der Waals surface area contributed by atoms with Gasteiger partial charge in [0, 0.05) is 42.5 Å². The molecule has 2 aromatic carbocycles. The second-order valence-corrected chi connectivity index (χ2v) is 6.69. The van der Waals surface area contributed by atoms with Gasteiger partial charge in [0.25, 0.3) is 5.91 Å². The predicted octanol–water partition coefficient (Wildman–Crippen LogP) is 3.47. The molecule has 138 valence electrons. The van der Waals surface area contributed by atoms with Crippen molar-refractivity contribution in [3.8, 4) is 0 Å². The number of carbonyl (C=O) groups excluding carboxylic acids is 2. The number of benzene rings is 2. The van der Waals surface area contributed by atoms with Gasteiger partial charge in [-0.15, -0.1) is 0 Å². The normalized spacial score (nSPS) is 14.4. The van der Waals surface area contributed by atoms with Crippen LogP contribution in [0.4, 0.5) is 10.5 Å². The smallest absolute Gasteiger partial charge is 0.321 e. The molecule has 1 aliphatic rings. The monoisotopic (exact) mass is 384 g/mol. The zero-order chi connectivity index (χ0) is 18.8. The summed E-state index contributed by atoms with van der Waals surface area (Å²) >= 11 is 5.94. The molecular formula is C19H17ClN4O3. The lowest BCUT2D eigenvalue weighted by atomic mass is 10.1. The van der Waals surface area contributed by atoms with Crippen LogP contribution in [-0.2, 0) is 0 Å². The molecule has 3 amide bonds. The predicted molar refractivity (Wildman–Crippen MR) is 102 cm³/mol. The van der Waals surface area contributed by atoms with Crippen LogP contribution < -0.4 is 5.32 Å². The van der Waals surface area contributed by atoms with E-state index in [0.717, 1.165) is 0 Å². The van der Waals surface area contributed by atoms with Crippen molar-refractivity contribution in [3.05, 3.63) is 59.4 Å². The van der Waals surface area contributed by atoms with E-state index >= 15 is 0 Å². The molecular weight excluding hydrogens is 368 g/mol. The van der Waals surface area contributed by atoms with Gasteiger partial charge in [0.2, 0.25) is 0 Å². The van der Waals surface area contributed by atoms with Gasteiger partial charge < -0.3 is 19.5 Å². The standard InChI is InChI=1S/C19H17ClN4O3/c20-14-2-1-3-15(11-14)22-19(26)24-8-6-23(7-9-24)18(25)13-4-5-17-16(10-13)21-12-27-17/h1-5,10-12H,6-9H2,(H,22,26). The van der Waals surface area contributed by atoms with Gasteiger partial charge in [-0.05, 0) is 36.4 Å². The number of anilines is 1. The van der Waals surface area contributed by atoms with Crippen molar-refractivity contribution < 1.29 is 14.0 Å². The van der Waals surface area contributed by atoms with E-state index in [1.54, 1.807) is 52.3 Å². The van der Waals surface area contributed by atoms with Gasteiger partial charge in [-0.2, -0.15) is 0 Å². The molecule has 0 bridgehead atoms. The number of urea groups is 1. The number of hydrogen-bond acceptors (Lipinski definition) is 4. The molecule has 1 aliphatic heterocycles. The quantitative estimate of drug-likeness (QED) is 0.733. The Kier molecular flexibility index (Phi) is 4.68. The van der Waals surface area contributed by atoms with Crippen LogP contribution in [0.2, 0.25) is 5.02 Å². The average Bonchev–Trinajstić information content (AvgIpc) is 3.15. The molecule has 2 heterocycles. The minimum absolute atomic E-state index is 0.0743. The fraction of sp³-hybridized carbons (Fsp3) is 0.211. The number of amides is 3. The molecule has 1 fully saturated rings. The Labute approximate surface area is 160 Å². The highest BCUT2D eigenvalue weighted by Crippen LogP contribution is 2.18. The number of aromatic nitrogens is 1. The zero-order valence-electron chi connectivity index (χ0n) is 14.4. The number of nitrogens with zero attached hydrogens (tertiary/aromatic N) is 3. The molecule has 1 aromatic heterocycles. The number of hydrogen-bond donors (Lipinski definition) is 1. The first-order chi connectivity index (χ1) is 13.1. The van der Waals surface area contributed by atoms with Crippen LogP contribution in [0.3, 0.4) is 0 Å². The maximum Gasteiger partial charge on any atom is 0.321 e. The number of carbonyl (C=O) groups is 2. The maximum absolute atomic E-state index is 12.7. The largest absolute Gasteiger partial charge is 0.443 e. The Bertz CT molecular complexity index is 995. The fourth-order valence-electron chi connectivity index (χ4n) is 3.05. The van der Waals surface area contributed by atoms with Gasteiger partial charge in [-0.3, -0.25) is 4.79 Å². The number of halogens is 1. The van der Waals surface area contributed by atoms with Crippen molar-refractivity contribution in [2.24, 2.45) is 0 Å². The molecule has 8 heteroatoms. The zero-order valence-corrected chi connectivity index (χ0v) is 15.1. The van der Waals surface area contributed by atoms with E-state index < -0.39 is 0 Å². The second kappa shape index (κ2) is 7.28. The van der Waals surface area contributed by atoms with Crippen molar-refractivity contribution in [1.82, 2.24) is 14.8 Å². The first-order valence-corrected chi connectivity index (χ1v) is 8.92. The lowest BCUT2D eigenvalue weighted by Gasteiger charge is -2.34. The van der Waals surface area contributed by atoms with Crippen LogP contribution in [0, 0.1) is 0 Å². The minimum atomic E-state index is -0.201. The highest BCUT2D eigenvalue weighted by Gasteiger charge is 2.25. The average molecular weight is 385 g/mol. The minimum Gasteiger partial charge on any atom is -0.443 e. The molecule has 0 atom stereocenters. The summed E-state index contributed by atoms with van der Waals surface area (Å²) in [7, 11) is 0. The first-order valence-electron chi connectivity index (χ1n) is 8.54. The van der Waals surface area contributed by atoms with E-state index in [-0.39, 0.29) is 11.9 Å². The number of rotatable bonds is 2. The van der Waals surface area contributed by atoms with E-state index in [4.69, 9.17) is 16.0 Å². The van der Waals surface area contributed by atoms with Gasteiger partial charge in [-0.1, -0.05) is 17.7 Å². The van der Waals surface area contributed by atoms with Crippen molar-refractivity contribution in [3.63, 3.8) is 0 Å². The Hall–Kier alpha value is -3.06. The van der Waals surface area contributed by atoms with Crippen LogP contribution in [-0.4, -0.2) is 52.9 Å². The molecule has 0 aliphatic carbocycles. The molecule has 1 saturated heterocycles. The van der Waals surface area contributed by atoms with E-state index in [0.29, 0.717) is 53.6 Å². The van der Waals surface area contributed by atoms with Gasteiger partial charge in [0.05, 0.1) is 0 Å². The van der Waals surface area contributed by atoms with E-state index in [9.17, 15) is 9.59 Å². The number of piperazine rings is 1. The van der Waals surface area contributed by atoms with Gasteiger partial charge in [-0.25, -0.2) is 9.78 Å². The molecule has 7 nitrogen and oxygen atoms in total. The van der Waals surface area contributed by atoms with Gasteiger partial charge >= 0.3 is 6.03 Å². The maximum atomic E-state index is 12.7. The van der Waals surface area contributed by atoms with E-state index in [1.165, 1.54) is 6.39 Å². The summed E-state index contributed by atoms with van der Waals surface area (Å²) in [5.74, 6) is -0.0743. The Morgan fingerprint density at radius 3 is 2.59 bits per heavy atom. The third-order valence-electron chi connectivity index (χ3n) is 4.51. The summed E-state index contributed by atoms with van der Waals surface area (Å²) in [6.45, 7) is 1.87. The van der Waals surface area contributed by atoms with Crippen LogP contribution >= 0.6 is 11.6 Å². The van der Waals surface area contributed by atoms with E-state index in [1.807, 2.05) is 0 Å². The third-order valence-corrected chi connectivity index (χ3v) is 4.74. The SMILES string of the molecule is O=C(Nc1cccc(Cl)c1)N1CCN(C(=O)c2ccc3ocnc3c2)CC1. The highest BCUT2D eigenvalue weighted by atomic mass is 35.5. The fourth-order valence-corrected chi connectivity index (χ4v) is 3.25. The van der Waals surface area contributed by atoms with Gasteiger partial charge in [0.1, 0.15) is 5.52 Å². The van der Waals surface area contributed by atoms with Crippen LogP contribution in [0.5, 0.6) is 0 Å². The highest BCUT2D eigenvalue weighted by molar-refractivity contribution is 6.30. The molecule has 1 N–H and O–H groups in total. The lowest BCUT2D eigenvalue weighted by Crippen LogP contribution is -2.51. The third kappa shape index (κ3) is 3.73. The topological polar surface area (TPSA) is 78.7 Å². The lowest BCUT2D eigenvalue weighted by molar-refractivity contribution is 0.0672. The molecule has 0 saturated carbocycles. The Morgan fingerprint density at radius 1 is 1.04 bits per heavy atom. The van der Waals surface area contributed by atoms with E-state index in [2.05, 4.69) is 10.3 Å². The first kappa shape index (κ1) is 17.4. The van der Waals surface area contributed by atoms with Crippen molar-refractivity contribution in [1.29, 1.82) is 0 Å². The van der Waals surface area contributed by atoms with Crippen LogP contribution in [0.15, 0.2) is 53.3 Å². The molecule has 4 rings (SSSR count). The molecule has 27 heavy (non-hydrogen) atoms. The summed E-state index contributed by atoms with van der Waals surface area (Å²) in [5, 5.41) is 3.39. The second-order valence-electron chi connectivity index (χ2n) is 6.25. The molecule has 0 unspecified atom stereocenters. The molecule has 0 spiro atoms. The Balaban J connectivity index is 1.36.